The maximum atomic E-state index is 10.5. The lowest BCUT2D eigenvalue weighted by molar-refractivity contribution is 0.140. The first-order chi connectivity index (χ1) is 13.0. The molecule has 1 aromatic carbocycles. The summed E-state index contributed by atoms with van der Waals surface area (Å²) < 4.78 is 0. The molecule has 0 heterocycles. The van der Waals surface area contributed by atoms with Gasteiger partial charge in [-0.15, -0.1) is 0 Å². The number of benzene rings is 1. The van der Waals surface area contributed by atoms with Crippen molar-refractivity contribution in [2.24, 2.45) is 17.8 Å². The Morgan fingerprint density at radius 3 is 2.67 bits per heavy atom. The second-order valence-corrected chi connectivity index (χ2v) is 8.59. The smallest absolute Gasteiger partial charge is 0.0971 e. The molecular weight excluding hydrogens is 334 g/mol. The van der Waals surface area contributed by atoms with Gasteiger partial charge in [-0.05, 0) is 70.1 Å². The van der Waals surface area contributed by atoms with E-state index in [0.717, 1.165) is 18.4 Å². The van der Waals surface area contributed by atoms with Gasteiger partial charge in [0.15, 0.2) is 0 Å². The van der Waals surface area contributed by atoms with Crippen LogP contribution in [0.25, 0.3) is 0 Å². The zero-order chi connectivity index (χ0) is 19.2. The summed E-state index contributed by atoms with van der Waals surface area (Å²) >= 11 is 0. The van der Waals surface area contributed by atoms with Crippen LogP contribution >= 0.6 is 0 Å². The fraction of sp³-hybridized carbons (Fsp3) is 0.583. The van der Waals surface area contributed by atoms with Crippen molar-refractivity contribution in [3.05, 3.63) is 59.7 Å². The lowest BCUT2D eigenvalue weighted by Crippen LogP contribution is -2.17. The number of aliphatic hydroxyl groups is 2. The van der Waals surface area contributed by atoms with Crippen LogP contribution in [0, 0.1) is 17.8 Å². The molecule has 0 aromatic heterocycles. The first-order valence-corrected chi connectivity index (χ1v) is 10.5. The van der Waals surface area contributed by atoms with E-state index >= 15 is 0 Å². The van der Waals surface area contributed by atoms with Gasteiger partial charge < -0.3 is 15.1 Å². The Morgan fingerprint density at radius 1 is 1.15 bits per heavy atom. The molecule has 2 aliphatic rings. The van der Waals surface area contributed by atoms with Crippen LogP contribution < -0.4 is 0 Å². The number of fused-ring (bicyclic) bond motifs is 1. The van der Waals surface area contributed by atoms with E-state index in [1.165, 1.54) is 32.2 Å². The van der Waals surface area contributed by atoms with Crippen molar-refractivity contribution in [1.82, 2.24) is 4.90 Å². The first kappa shape index (κ1) is 20.3. The van der Waals surface area contributed by atoms with Gasteiger partial charge in [-0.2, -0.15) is 0 Å². The number of allylic oxidation sites excluding steroid dienone is 2. The van der Waals surface area contributed by atoms with Gasteiger partial charge >= 0.3 is 0 Å². The molecule has 0 unspecified atom stereocenters. The minimum Gasteiger partial charge on any atom is -0.392 e. The van der Waals surface area contributed by atoms with Crippen molar-refractivity contribution in [3.8, 4) is 0 Å². The molecule has 0 bridgehead atoms. The summed E-state index contributed by atoms with van der Waals surface area (Å²) in [4.78, 5) is 2.25. The van der Waals surface area contributed by atoms with Crippen LogP contribution in [-0.4, -0.2) is 41.9 Å². The molecule has 1 fully saturated rings. The zero-order valence-corrected chi connectivity index (χ0v) is 16.8. The quantitative estimate of drug-likeness (QED) is 0.503. The average molecular weight is 370 g/mol. The Labute approximate surface area is 164 Å². The molecule has 0 amide bonds. The maximum absolute atomic E-state index is 10.5. The highest BCUT2D eigenvalue weighted by molar-refractivity contribution is 5.24. The molecule has 0 radical (unpaired) electrons. The molecule has 1 saturated carbocycles. The molecule has 148 valence electrons. The van der Waals surface area contributed by atoms with Crippen LogP contribution in [0.1, 0.15) is 50.2 Å². The van der Waals surface area contributed by atoms with E-state index in [1.807, 2.05) is 36.4 Å². The van der Waals surface area contributed by atoms with Crippen LogP contribution in [0.4, 0.5) is 0 Å². The molecule has 3 rings (SSSR count). The fourth-order valence-corrected chi connectivity index (χ4v) is 4.74. The Balaban J connectivity index is 1.49. The van der Waals surface area contributed by atoms with E-state index in [4.69, 9.17) is 0 Å². The van der Waals surface area contributed by atoms with Crippen molar-refractivity contribution in [3.63, 3.8) is 0 Å². The van der Waals surface area contributed by atoms with Crippen LogP contribution in [0.5, 0.6) is 0 Å². The van der Waals surface area contributed by atoms with E-state index in [2.05, 4.69) is 31.1 Å². The molecule has 2 N–H and O–H groups in total. The Bertz CT molecular complexity index is 637. The fourth-order valence-electron chi connectivity index (χ4n) is 4.74. The van der Waals surface area contributed by atoms with E-state index in [1.54, 1.807) is 5.57 Å². The number of hydrogen-bond acceptors (Lipinski definition) is 3. The molecule has 3 heteroatoms. The van der Waals surface area contributed by atoms with E-state index in [0.29, 0.717) is 11.8 Å². The predicted octanol–water partition coefficient (Wildman–Crippen LogP) is 4.34. The van der Waals surface area contributed by atoms with E-state index in [9.17, 15) is 10.2 Å². The average Bonchev–Trinajstić information content (AvgIpc) is 3.16. The lowest BCUT2D eigenvalue weighted by Gasteiger charge is -2.19. The Hall–Kier alpha value is -1.42. The highest BCUT2D eigenvalue weighted by Crippen LogP contribution is 2.48. The van der Waals surface area contributed by atoms with Gasteiger partial charge in [0.1, 0.15) is 0 Å². The summed E-state index contributed by atoms with van der Waals surface area (Å²) in [6, 6.07) is 9.72. The van der Waals surface area contributed by atoms with Crippen LogP contribution in [-0.2, 0) is 0 Å². The SMILES string of the molecule is CN(C)CCCCCC1=C[C@H]2C[C@@H](O)[C@H](/C=C/[C@H](O)c3ccccc3)[C@H]2C1. The molecule has 0 aliphatic heterocycles. The molecule has 0 saturated heterocycles. The van der Waals surface area contributed by atoms with Gasteiger partial charge in [0, 0.05) is 5.92 Å². The van der Waals surface area contributed by atoms with Gasteiger partial charge in [-0.3, -0.25) is 0 Å². The molecule has 27 heavy (non-hydrogen) atoms. The highest BCUT2D eigenvalue weighted by Gasteiger charge is 2.43. The van der Waals surface area contributed by atoms with Crippen molar-refractivity contribution in [1.29, 1.82) is 0 Å². The van der Waals surface area contributed by atoms with Gasteiger partial charge in [0.05, 0.1) is 12.2 Å². The summed E-state index contributed by atoms with van der Waals surface area (Å²) in [6.07, 6.45) is 12.5. The summed E-state index contributed by atoms with van der Waals surface area (Å²) in [7, 11) is 4.27. The van der Waals surface area contributed by atoms with Gasteiger partial charge in [-0.1, -0.05) is 60.6 Å². The molecule has 0 spiro atoms. The normalized spacial score (nSPS) is 28.7. The van der Waals surface area contributed by atoms with Crippen molar-refractivity contribution >= 4 is 0 Å². The predicted molar refractivity (Wildman–Crippen MR) is 111 cm³/mol. The summed E-state index contributed by atoms with van der Waals surface area (Å²) in [5, 5.41) is 20.9. The van der Waals surface area contributed by atoms with Gasteiger partial charge in [0.25, 0.3) is 0 Å². The highest BCUT2D eigenvalue weighted by atomic mass is 16.3. The number of rotatable bonds is 9. The number of hydrogen-bond donors (Lipinski definition) is 2. The monoisotopic (exact) mass is 369 g/mol. The molecular formula is C24H35NO2. The van der Waals surface area contributed by atoms with Crippen molar-refractivity contribution in [2.75, 3.05) is 20.6 Å². The van der Waals surface area contributed by atoms with E-state index < -0.39 is 6.10 Å². The third-order valence-electron chi connectivity index (χ3n) is 6.21. The topological polar surface area (TPSA) is 43.7 Å². The molecule has 3 nitrogen and oxygen atoms in total. The van der Waals surface area contributed by atoms with Crippen LogP contribution in [0.3, 0.4) is 0 Å². The van der Waals surface area contributed by atoms with Crippen molar-refractivity contribution < 1.29 is 10.2 Å². The summed E-state index contributed by atoms with van der Waals surface area (Å²) in [5.41, 5.74) is 2.49. The van der Waals surface area contributed by atoms with Crippen LogP contribution in [0.2, 0.25) is 0 Å². The van der Waals surface area contributed by atoms with Crippen molar-refractivity contribution in [2.45, 2.75) is 50.7 Å². The molecule has 1 aromatic rings. The maximum Gasteiger partial charge on any atom is 0.0971 e. The number of unbranched alkanes of at least 4 members (excludes halogenated alkanes) is 2. The van der Waals surface area contributed by atoms with E-state index in [-0.39, 0.29) is 12.0 Å². The van der Waals surface area contributed by atoms with Gasteiger partial charge in [-0.25, -0.2) is 0 Å². The second-order valence-electron chi connectivity index (χ2n) is 8.59. The molecule has 5 atom stereocenters. The third-order valence-corrected chi connectivity index (χ3v) is 6.21. The Kier molecular flexibility index (Phi) is 7.28. The first-order valence-electron chi connectivity index (χ1n) is 10.5. The van der Waals surface area contributed by atoms with Crippen LogP contribution in [0.15, 0.2) is 54.1 Å². The summed E-state index contributed by atoms with van der Waals surface area (Å²) in [5.74, 6) is 1.19. The standard InChI is InChI=1S/C24H35NO2/c1-25(2)14-8-4-5-9-18-15-20-17-24(27)21(22(20)16-18)12-13-23(26)19-10-6-3-7-11-19/h3,6-7,10-13,15,20-24,26-27H,4-5,8-9,14,16-17H2,1-2H3/b13-12+/t20-,21+,22-,23-,24+/m0/s1. The minimum atomic E-state index is -0.594. The number of aliphatic hydroxyl groups excluding tert-OH is 2. The Morgan fingerprint density at radius 2 is 1.93 bits per heavy atom. The largest absolute Gasteiger partial charge is 0.392 e. The zero-order valence-electron chi connectivity index (χ0n) is 16.8. The lowest BCUT2D eigenvalue weighted by atomic mass is 9.88. The third kappa shape index (κ3) is 5.54. The molecule has 2 aliphatic carbocycles. The second kappa shape index (κ2) is 9.68. The van der Waals surface area contributed by atoms with Gasteiger partial charge in [0.2, 0.25) is 0 Å². The summed E-state index contributed by atoms with van der Waals surface area (Å²) in [6.45, 7) is 1.17. The minimum absolute atomic E-state index is 0.163. The number of nitrogens with zero attached hydrogens (tertiary/aromatic N) is 1.